The number of hydrogen-bond acceptors (Lipinski definition) is 5. The molecule has 0 bridgehead atoms. The summed E-state index contributed by atoms with van der Waals surface area (Å²) in [7, 11) is 1.42. The predicted octanol–water partition coefficient (Wildman–Crippen LogP) is 4.14. The third-order valence-electron chi connectivity index (χ3n) is 5.23. The highest BCUT2D eigenvalue weighted by Gasteiger charge is 2.36. The molecule has 1 aliphatic carbocycles. The van der Waals surface area contributed by atoms with Crippen molar-refractivity contribution in [3.8, 4) is 22.6 Å². The Morgan fingerprint density at radius 1 is 0.812 bits per heavy atom. The van der Waals surface area contributed by atoms with Crippen LogP contribution in [0, 0.1) is 17.5 Å². The fourth-order valence-electron chi connectivity index (χ4n) is 3.71. The zero-order valence-corrected chi connectivity index (χ0v) is 16.4. The highest BCUT2D eigenvalue weighted by molar-refractivity contribution is 6.27. The van der Waals surface area contributed by atoms with Gasteiger partial charge in [0.15, 0.2) is 5.69 Å². The molecule has 158 valence electrons. The fourth-order valence-corrected chi connectivity index (χ4v) is 3.71. The molecule has 0 aliphatic heterocycles. The number of aromatic nitrogens is 3. The molecule has 0 fully saturated rings. The number of nitrogens with zero attached hydrogens (tertiary/aromatic N) is 3. The molecule has 4 aromatic rings. The van der Waals surface area contributed by atoms with Crippen LogP contribution in [0.25, 0.3) is 16.8 Å². The minimum absolute atomic E-state index is 0.0933. The molecule has 1 heterocycles. The van der Waals surface area contributed by atoms with E-state index < -0.39 is 34.6 Å². The van der Waals surface area contributed by atoms with Gasteiger partial charge < -0.3 is 4.74 Å². The van der Waals surface area contributed by atoms with E-state index in [2.05, 4.69) is 10.3 Å². The molecule has 0 atom stereocenters. The van der Waals surface area contributed by atoms with E-state index in [0.29, 0.717) is 5.75 Å². The van der Waals surface area contributed by atoms with Gasteiger partial charge in [-0.05, 0) is 24.3 Å². The van der Waals surface area contributed by atoms with Crippen molar-refractivity contribution in [2.45, 2.75) is 0 Å². The average molecular weight is 435 g/mol. The van der Waals surface area contributed by atoms with Gasteiger partial charge in [0, 0.05) is 28.8 Å². The molecule has 0 unspecified atom stereocenters. The van der Waals surface area contributed by atoms with Gasteiger partial charge in [-0.1, -0.05) is 23.4 Å². The largest absolute Gasteiger partial charge is 0.497 e. The molecule has 0 saturated carbocycles. The minimum atomic E-state index is -1.06. The van der Waals surface area contributed by atoms with Crippen LogP contribution >= 0.6 is 0 Å². The Kier molecular flexibility index (Phi) is 4.40. The van der Waals surface area contributed by atoms with Gasteiger partial charge >= 0.3 is 0 Å². The van der Waals surface area contributed by atoms with E-state index >= 15 is 0 Å². The molecule has 32 heavy (non-hydrogen) atoms. The van der Waals surface area contributed by atoms with E-state index in [-0.39, 0.29) is 33.8 Å². The van der Waals surface area contributed by atoms with Crippen LogP contribution in [0.15, 0.2) is 54.6 Å². The number of rotatable bonds is 3. The number of carbonyl (C=O) groups is 2. The molecule has 6 nitrogen and oxygen atoms in total. The molecule has 3 aromatic carbocycles. The molecule has 0 spiro atoms. The van der Waals surface area contributed by atoms with Crippen molar-refractivity contribution in [1.82, 2.24) is 15.0 Å². The van der Waals surface area contributed by atoms with Gasteiger partial charge in [0.1, 0.15) is 28.9 Å². The Morgan fingerprint density at radius 2 is 1.53 bits per heavy atom. The Hall–Kier alpha value is -4.27. The van der Waals surface area contributed by atoms with Gasteiger partial charge in [0.25, 0.3) is 0 Å². The predicted molar refractivity (Wildman–Crippen MR) is 107 cm³/mol. The summed E-state index contributed by atoms with van der Waals surface area (Å²) in [4.78, 5) is 25.9. The molecule has 0 radical (unpaired) electrons. The quantitative estimate of drug-likeness (QED) is 0.426. The number of carbonyl (C=O) groups excluding carboxylic acids is 2. The second kappa shape index (κ2) is 7.16. The third-order valence-corrected chi connectivity index (χ3v) is 5.23. The van der Waals surface area contributed by atoms with Crippen LogP contribution in [0.1, 0.15) is 32.1 Å². The number of halogens is 3. The molecule has 0 amide bonds. The molecule has 9 heteroatoms. The van der Waals surface area contributed by atoms with E-state index in [4.69, 9.17) is 4.74 Å². The number of fused-ring (bicyclic) bond motifs is 2. The first-order valence-corrected chi connectivity index (χ1v) is 9.38. The summed E-state index contributed by atoms with van der Waals surface area (Å²) in [6.07, 6.45) is 0. The Labute approximate surface area is 178 Å². The maximum atomic E-state index is 14.9. The van der Waals surface area contributed by atoms with Crippen LogP contribution in [0.3, 0.4) is 0 Å². The van der Waals surface area contributed by atoms with Crippen LogP contribution in [-0.4, -0.2) is 33.7 Å². The number of methoxy groups -OCH3 is 1. The molecule has 1 aliphatic rings. The monoisotopic (exact) mass is 435 g/mol. The SMILES string of the molecule is COc1ccc2c(c1)C(=O)c1nnn(-c3cc(F)c(-c4ccccc4F)c(F)c3)c1C2=O. The first-order chi connectivity index (χ1) is 15.4. The van der Waals surface area contributed by atoms with Gasteiger partial charge in [-0.2, -0.15) is 0 Å². The second-order valence-corrected chi connectivity index (χ2v) is 7.03. The van der Waals surface area contributed by atoms with Crippen molar-refractivity contribution in [2.75, 3.05) is 7.11 Å². The Bertz CT molecular complexity index is 1420. The summed E-state index contributed by atoms with van der Waals surface area (Å²) in [5.41, 5.74) is -1.24. The van der Waals surface area contributed by atoms with Gasteiger partial charge in [-0.3, -0.25) is 9.59 Å². The maximum Gasteiger partial charge on any atom is 0.216 e. The summed E-state index contributed by atoms with van der Waals surface area (Å²) in [6.45, 7) is 0. The summed E-state index contributed by atoms with van der Waals surface area (Å²) in [6, 6.07) is 11.4. The zero-order valence-electron chi connectivity index (χ0n) is 16.4. The summed E-state index contributed by atoms with van der Waals surface area (Å²) in [5, 5.41) is 7.55. The average Bonchev–Trinajstić information content (AvgIpc) is 3.23. The van der Waals surface area contributed by atoms with Crippen LogP contribution in [-0.2, 0) is 0 Å². The Balaban J connectivity index is 1.65. The highest BCUT2D eigenvalue weighted by Crippen LogP contribution is 2.33. The second-order valence-electron chi connectivity index (χ2n) is 7.03. The van der Waals surface area contributed by atoms with E-state index in [9.17, 15) is 22.8 Å². The number of ether oxygens (including phenoxy) is 1. The normalized spacial score (nSPS) is 12.5. The first kappa shape index (κ1) is 19.7. The van der Waals surface area contributed by atoms with Crippen molar-refractivity contribution in [2.24, 2.45) is 0 Å². The lowest BCUT2D eigenvalue weighted by molar-refractivity contribution is 0.0972. The number of benzene rings is 3. The van der Waals surface area contributed by atoms with Gasteiger partial charge in [0.2, 0.25) is 11.6 Å². The molecule has 1 aromatic heterocycles. The van der Waals surface area contributed by atoms with Crippen LogP contribution in [0.4, 0.5) is 13.2 Å². The maximum absolute atomic E-state index is 14.9. The van der Waals surface area contributed by atoms with Crippen molar-refractivity contribution in [3.05, 3.63) is 94.6 Å². The Morgan fingerprint density at radius 3 is 2.22 bits per heavy atom. The lowest BCUT2D eigenvalue weighted by Crippen LogP contribution is -2.23. The third kappa shape index (κ3) is 2.82. The van der Waals surface area contributed by atoms with Crippen molar-refractivity contribution < 1.29 is 27.5 Å². The first-order valence-electron chi connectivity index (χ1n) is 9.38. The van der Waals surface area contributed by atoms with Crippen LogP contribution < -0.4 is 4.74 Å². The summed E-state index contributed by atoms with van der Waals surface area (Å²) >= 11 is 0. The molecular weight excluding hydrogens is 423 g/mol. The smallest absolute Gasteiger partial charge is 0.216 e. The lowest BCUT2D eigenvalue weighted by Gasteiger charge is -2.16. The van der Waals surface area contributed by atoms with E-state index in [0.717, 1.165) is 22.9 Å². The van der Waals surface area contributed by atoms with Crippen molar-refractivity contribution >= 4 is 11.6 Å². The van der Waals surface area contributed by atoms with Gasteiger partial charge in [-0.15, -0.1) is 5.10 Å². The van der Waals surface area contributed by atoms with Gasteiger partial charge in [0.05, 0.1) is 18.4 Å². The number of hydrogen-bond donors (Lipinski definition) is 0. The summed E-state index contributed by atoms with van der Waals surface area (Å²) in [5.74, 6) is -3.68. The molecule has 0 saturated heterocycles. The van der Waals surface area contributed by atoms with Crippen LogP contribution in [0.5, 0.6) is 5.75 Å². The molecular formula is C23H12F3N3O3. The fraction of sp³-hybridized carbons (Fsp3) is 0.0435. The van der Waals surface area contributed by atoms with E-state index in [1.165, 1.54) is 43.5 Å². The van der Waals surface area contributed by atoms with E-state index in [1.807, 2.05) is 0 Å². The minimum Gasteiger partial charge on any atom is -0.497 e. The zero-order chi connectivity index (χ0) is 22.6. The standard InChI is InChI=1S/C23H12F3N3O3/c1-32-12-6-7-13-15(10-12)22(30)20-21(23(13)31)29(28-27-20)11-8-17(25)19(18(26)9-11)14-4-2-3-5-16(14)24/h2-10H,1H3. The van der Waals surface area contributed by atoms with Crippen molar-refractivity contribution in [1.29, 1.82) is 0 Å². The van der Waals surface area contributed by atoms with Crippen LogP contribution in [0.2, 0.25) is 0 Å². The lowest BCUT2D eigenvalue weighted by atomic mass is 9.89. The molecule has 0 N–H and O–H groups in total. The van der Waals surface area contributed by atoms with E-state index in [1.54, 1.807) is 0 Å². The van der Waals surface area contributed by atoms with Gasteiger partial charge in [-0.25, -0.2) is 17.9 Å². The summed E-state index contributed by atoms with van der Waals surface area (Å²) < 4.78 is 49.8. The molecule has 5 rings (SSSR count). The number of ketones is 2. The highest BCUT2D eigenvalue weighted by atomic mass is 19.1. The topological polar surface area (TPSA) is 74.1 Å². The van der Waals surface area contributed by atoms with Crippen molar-refractivity contribution in [3.63, 3.8) is 0 Å².